The van der Waals surface area contributed by atoms with Gasteiger partial charge in [0.1, 0.15) is 0 Å². The molecule has 0 atom stereocenters. The Morgan fingerprint density at radius 2 is 2.27 bits per heavy atom. The van der Waals surface area contributed by atoms with Crippen molar-refractivity contribution in [2.24, 2.45) is 0 Å². The van der Waals surface area contributed by atoms with Gasteiger partial charge in [-0.2, -0.15) is 0 Å². The van der Waals surface area contributed by atoms with Crippen LogP contribution in [0, 0.1) is 0 Å². The first-order chi connectivity index (χ1) is 5.27. The van der Waals surface area contributed by atoms with Crippen LogP contribution in [-0.2, 0) is 4.74 Å². The SMILES string of the molecule is C=C(Cl)CNCCOCCC. The summed E-state index contributed by atoms with van der Waals surface area (Å²) in [5.74, 6) is 0. The van der Waals surface area contributed by atoms with Gasteiger partial charge in [-0.15, -0.1) is 0 Å². The van der Waals surface area contributed by atoms with Gasteiger partial charge in [-0.05, 0) is 6.42 Å². The van der Waals surface area contributed by atoms with Gasteiger partial charge >= 0.3 is 0 Å². The second kappa shape index (κ2) is 8.05. The van der Waals surface area contributed by atoms with E-state index in [0.717, 1.165) is 26.2 Å². The van der Waals surface area contributed by atoms with E-state index in [1.807, 2.05) is 0 Å². The topological polar surface area (TPSA) is 21.3 Å². The fraction of sp³-hybridized carbons (Fsp3) is 0.750. The summed E-state index contributed by atoms with van der Waals surface area (Å²) in [5, 5.41) is 3.73. The van der Waals surface area contributed by atoms with E-state index in [4.69, 9.17) is 16.3 Å². The summed E-state index contributed by atoms with van der Waals surface area (Å²) in [6.07, 6.45) is 1.07. The average Bonchev–Trinajstić information content (AvgIpc) is 1.96. The zero-order valence-corrected chi connectivity index (χ0v) is 7.78. The van der Waals surface area contributed by atoms with Crippen LogP contribution in [0.15, 0.2) is 11.6 Å². The zero-order chi connectivity index (χ0) is 8.53. The lowest BCUT2D eigenvalue weighted by Gasteiger charge is -2.03. The van der Waals surface area contributed by atoms with E-state index in [0.29, 0.717) is 11.6 Å². The number of nitrogens with one attached hydrogen (secondary N) is 1. The van der Waals surface area contributed by atoms with Crippen LogP contribution in [-0.4, -0.2) is 26.3 Å². The highest BCUT2D eigenvalue weighted by molar-refractivity contribution is 6.29. The molecule has 0 spiro atoms. The molecule has 11 heavy (non-hydrogen) atoms. The number of hydrogen-bond donors (Lipinski definition) is 1. The molecule has 1 N–H and O–H groups in total. The van der Waals surface area contributed by atoms with E-state index in [-0.39, 0.29) is 0 Å². The van der Waals surface area contributed by atoms with Gasteiger partial charge in [0, 0.05) is 24.7 Å². The Balaban J connectivity index is 2.85. The Kier molecular flexibility index (Phi) is 8.01. The maximum atomic E-state index is 5.52. The first-order valence-corrected chi connectivity index (χ1v) is 4.27. The van der Waals surface area contributed by atoms with Crippen LogP contribution in [0.4, 0.5) is 0 Å². The highest BCUT2D eigenvalue weighted by atomic mass is 35.5. The van der Waals surface area contributed by atoms with Gasteiger partial charge in [-0.25, -0.2) is 0 Å². The molecule has 0 aliphatic carbocycles. The first kappa shape index (κ1) is 11.0. The van der Waals surface area contributed by atoms with Crippen molar-refractivity contribution in [1.29, 1.82) is 0 Å². The Morgan fingerprint density at radius 1 is 1.55 bits per heavy atom. The van der Waals surface area contributed by atoms with Gasteiger partial charge < -0.3 is 10.1 Å². The summed E-state index contributed by atoms with van der Waals surface area (Å²) in [4.78, 5) is 0. The Morgan fingerprint density at radius 3 is 2.82 bits per heavy atom. The van der Waals surface area contributed by atoms with Crippen LogP contribution >= 0.6 is 11.6 Å². The molecule has 2 nitrogen and oxygen atoms in total. The third-order valence-corrected chi connectivity index (χ3v) is 1.22. The summed E-state index contributed by atoms with van der Waals surface area (Å²) in [6, 6.07) is 0. The van der Waals surface area contributed by atoms with Gasteiger partial charge in [-0.1, -0.05) is 25.1 Å². The molecule has 3 heteroatoms. The maximum absolute atomic E-state index is 5.52. The van der Waals surface area contributed by atoms with Crippen molar-refractivity contribution in [2.45, 2.75) is 13.3 Å². The van der Waals surface area contributed by atoms with Crippen LogP contribution in [0.25, 0.3) is 0 Å². The smallest absolute Gasteiger partial charge is 0.0591 e. The van der Waals surface area contributed by atoms with Crippen LogP contribution in [0.2, 0.25) is 0 Å². The van der Waals surface area contributed by atoms with Crippen molar-refractivity contribution >= 4 is 11.6 Å². The molecule has 0 aliphatic rings. The lowest BCUT2D eigenvalue weighted by molar-refractivity contribution is 0.137. The second-order valence-electron chi connectivity index (χ2n) is 2.31. The summed E-state index contributed by atoms with van der Waals surface area (Å²) < 4.78 is 5.23. The monoisotopic (exact) mass is 177 g/mol. The lowest BCUT2D eigenvalue weighted by Crippen LogP contribution is -2.20. The number of ether oxygens (including phenoxy) is 1. The normalized spacial score (nSPS) is 10.0. The molecule has 66 valence electrons. The molecule has 0 aromatic rings. The Hall–Kier alpha value is -0.0500. The minimum Gasteiger partial charge on any atom is -0.380 e. The quantitative estimate of drug-likeness (QED) is 0.599. The summed E-state index contributed by atoms with van der Waals surface area (Å²) in [7, 11) is 0. The van der Waals surface area contributed by atoms with Crippen LogP contribution in [0.1, 0.15) is 13.3 Å². The lowest BCUT2D eigenvalue weighted by atomic mass is 10.5. The van der Waals surface area contributed by atoms with Gasteiger partial charge in [0.05, 0.1) is 6.61 Å². The molecule has 0 saturated heterocycles. The molecule has 0 radical (unpaired) electrons. The molecule has 0 bridgehead atoms. The third-order valence-electron chi connectivity index (χ3n) is 1.09. The van der Waals surface area contributed by atoms with Crippen LogP contribution in [0.3, 0.4) is 0 Å². The second-order valence-corrected chi connectivity index (χ2v) is 2.84. The minimum atomic E-state index is 0.639. The van der Waals surface area contributed by atoms with Gasteiger partial charge in [-0.3, -0.25) is 0 Å². The molecule has 0 unspecified atom stereocenters. The van der Waals surface area contributed by atoms with E-state index in [1.165, 1.54) is 0 Å². The predicted octanol–water partition coefficient (Wildman–Crippen LogP) is 1.76. The fourth-order valence-electron chi connectivity index (χ4n) is 0.615. The van der Waals surface area contributed by atoms with Crippen LogP contribution < -0.4 is 5.32 Å². The maximum Gasteiger partial charge on any atom is 0.0591 e. The van der Waals surface area contributed by atoms with E-state index in [2.05, 4.69) is 18.8 Å². The molecule has 0 aromatic heterocycles. The minimum absolute atomic E-state index is 0.639. The molecular weight excluding hydrogens is 162 g/mol. The largest absolute Gasteiger partial charge is 0.380 e. The predicted molar refractivity (Wildman–Crippen MR) is 49.0 cm³/mol. The van der Waals surface area contributed by atoms with E-state index < -0.39 is 0 Å². The van der Waals surface area contributed by atoms with E-state index in [9.17, 15) is 0 Å². The zero-order valence-electron chi connectivity index (χ0n) is 7.03. The molecule has 0 fully saturated rings. The molecule has 0 aromatic carbocycles. The molecule has 0 amide bonds. The van der Waals surface area contributed by atoms with Crippen molar-refractivity contribution in [3.8, 4) is 0 Å². The van der Waals surface area contributed by atoms with E-state index in [1.54, 1.807) is 0 Å². The molecule has 0 heterocycles. The standard InChI is InChI=1S/C8H16ClNO/c1-3-5-11-6-4-10-7-8(2)9/h10H,2-7H2,1H3. The van der Waals surface area contributed by atoms with E-state index >= 15 is 0 Å². The first-order valence-electron chi connectivity index (χ1n) is 3.89. The van der Waals surface area contributed by atoms with Crippen molar-refractivity contribution < 1.29 is 4.74 Å². The van der Waals surface area contributed by atoms with Gasteiger partial charge in [0.2, 0.25) is 0 Å². The summed E-state index contributed by atoms with van der Waals surface area (Å²) >= 11 is 5.52. The van der Waals surface area contributed by atoms with Crippen molar-refractivity contribution in [3.05, 3.63) is 11.6 Å². The number of rotatable bonds is 7. The van der Waals surface area contributed by atoms with Crippen molar-refractivity contribution in [3.63, 3.8) is 0 Å². The van der Waals surface area contributed by atoms with Crippen LogP contribution in [0.5, 0.6) is 0 Å². The Labute approximate surface area is 73.6 Å². The van der Waals surface area contributed by atoms with Gasteiger partial charge in [0.25, 0.3) is 0 Å². The van der Waals surface area contributed by atoms with Crippen molar-refractivity contribution in [1.82, 2.24) is 5.32 Å². The van der Waals surface area contributed by atoms with Gasteiger partial charge in [0.15, 0.2) is 0 Å². The highest BCUT2D eigenvalue weighted by Gasteiger charge is 1.88. The number of hydrogen-bond acceptors (Lipinski definition) is 2. The van der Waals surface area contributed by atoms with Crippen molar-refractivity contribution in [2.75, 3.05) is 26.3 Å². The molecule has 0 rings (SSSR count). The molecule has 0 saturated carbocycles. The molecular formula is C8H16ClNO. The fourth-order valence-corrected chi connectivity index (χ4v) is 0.709. The molecule has 0 aliphatic heterocycles. The summed E-state index contributed by atoms with van der Waals surface area (Å²) in [6.45, 7) is 8.73. The number of halogens is 1. The third kappa shape index (κ3) is 9.95. The summed E-state index contributed by atoms with van der Waals surface area (Å²) in [5.41, 5.74) is 0. The highest BCUT2D eigenvalue weighted by Crippen LogP contribution is 1.91. The average molecular weight is 178 g/mol. The Bertz CT molecular complexity index is 106.